The van der Waals surface area contributed by atoms with Crippen molar-refractivity contribution in [3.63, 3.8) is 0 Å². The molecule has 0 bridgehead atoms. The molecule has 160 valence electrons. The van der Waals surface area contributed by atoms with E-state index in [0.29, 0.717) is 36.0 Å². The predicted octanol–water partition coefficient (Wildman–Crippen LogP) is 5.02. The third-order valence-corrected chi connectivity index (χ3v) is 6.51. The highest BCUT2D eigenvalue weighted by molar-refractivity contribution is 6.36. The van der Waals surface area contributed by atoms with Crippen LogP contribution in [-0.4, -0.2) is 41.4 Å². The number of aromatic nitrogens is 3. The second kappa shape index (κ2) is 8.48. The average molecular weight is 459 g/mol. The standard InChI is InChI=1S/C22H21Cl2FN6/c23-16-4-5-17(25)21(24)15(16)13-31-10-7-26-22-19(31)11-18(28-29-22)14-3-6-20(27-12-14)30-8-1-2-9-30/h3-6,11-12H,1-2,7-10,13H2,(H,26,29). The van der Waals surface area contributed by atoms with E-state index < -0.39 is 5.82 Å². The molecular weight excluding hydrogens is 438 g/mol. The Hall–Kier alpha value is -2.64. The third-order valence-electron chi connectivity index (χ3n) is 5.75. The molecule has 9 heteroatoms. The monoisotopic (exact) mass is 458 g/mol. The van der Waals surface area contributed by atoms with Crippen LogP contribution in [0.1, 0.15) is 18.4 Å². The van der Waals surface area contributed by atoms with Crippen molar-refractivity contribution < 1.29 is 4.39 Å². The Labute approximate surface area is 190 Å². The summed E-state index contributed by atoms with van der Waals surface area (Å²) < 4.78 is 14.0. The van der Waals surface area contributed by atoms with E-state index in [-0.39, 0.29) is 5.02 Å². The van der Waals surface area contributed by atoms with Crippen LogP contribution in [0, 0.1) is 5.82 Å². The first kappa shape index (κ1) is 20.3. The highest BCUT2D eigenvalue weighted by atomic mass is 35.5. The van der Waals surface area contributed by atoms with E-state index >= 15 is 0 Å². The number of nitrogens with one attached hydrogen (secondary N) is 1. The van der Waals surface area contributed by atoms with Crippen molar-refractivity contribution in [1.82, 2.24) is 15.2 Å². The van der Waals surface area contributed by atoms with Crippen LogP contribution >= 0.6 is 23.2 Å². The van der Waals surface area contributed by atoms with Gasteiger partial charge in [-0.1, -0.05) is 23.2 Å². The number of nitrogens with zero attached hydrogens (tertiary/aromatic N) is 5. The van der Waals surface area contributed by atoms with Gasteiger partial charge in [-0.25, -0.2) is 9.37 Å². The van der Waals surface area contributed by atoms with Gasteiger partial charge in [0.25, 0.3) is 0 Å². The Bertz CT molecular complexity index is 1100. The van der Waals surface area contributed by atoms with Crippen LogP contribution in [-0.2, 0) is 6.54 Å². The number of hydrogen-bond donors (Lipinski definition) is 1. The highest BCUT2D eigenvalue weighted by Gasteiger charge is 2.23. The van der Waals surface area contributed by atoms with Crippen molar-refractivity contribution in [2.45, 2.75) is 19.4 Å². The van der Waals surface area contributed by atoms with Gasteiger partial charge in [0.15, 0.2) is 5.82 Å². The van der Waals surface area contributed by atoms with Crippen LogP contribution in [0.4, 0.5) is 21.7 Å². The van der Waals surface area contributed by atoms with Crippen molar-refractivity contribution in [2.75, 3.05) is 41.3 Å². The summed E-state index contributed by atoms with van der Waals surface area (Å²) in [6.45, 7) is 3.88. The highest BCUT2D eigenvalue weighted by Crippen LogP contribution is 2.35. The number of hydrogen-bond acceptors (Lipinski definition) is 6. The molecular formula is C22H21Cl2FN6. The van der Waals surface area contributed by atoms with Gasteiger partial charge in [-0.05, 0) is 43.2 Å². The molecule has 0 amide bonds. The molecule has 31 heavy (non-hydrogen) atoms. The van der Waals surface area contributed by atoms with Gasteiger partial charge in [0, 0.05) is 55.1 Å². The first-order valence-corrected chi connectivity index (χ1v) is 11.1. The zero-order chi connectivity index (χ0) is 21.4. The van der Waals surface area contributed by atoms with Gasteiger partial charge in [-0.15, -0.1) is 10.2 Å². The van der Waals surface area contributed by atoms with Crippen LogP contribution in [0.5, 0.6) is 0 Å². The van der Waals surface area contributed by atoms with E-state index in [1.807, 2.05) is 24.4 Å². The quantitative estimate of drug-likeness (QED) is 0.554. The Morgan fingerprint density at radius 3 is 2.65 bits per heavy atom. The molecule has 2 aromatic heterocycles. The molecule has 0 aliphatic carbocycles. The summed E-state index contributed by atoms with van der Waals surface area (Å²) in [5.41, 5.74) is 3.05. The molecule has 0 radical (unpaired) electrons. The Balaban J connectivity index is 1.44. The van der Waals surface area contributed by atoms with Gasteiger partial charge in [0.2, 0.25) is 0 Å². The minimum absolute atomic E-state index is 0.0523. The van der Waals surface area contributed by atoms with Crippen LogP contribution in [0.2, 0.25) is 10.0 Å². The number of benzene rings is 1. The van der Waals surface area contributed by atoms with E-state index in [2.05, 4.69) is 30.3 Å². The van der Waals surface area contributed by atoms with Gasteiger partial charge < -0.3 is 15.1 Å². The summed E-state index contributed by atoms with van der Waals surface area (Å²) in [7, 11) is 0. The average Bonchev–Trinajstić information content (AvgIpc) is 3.34. The molecule has 1 saturated heterocycles. The number of anilines is 3. The molecule has 5 rings (SSSR count). The van der Waals surface area contributed by atoms with Crippen LogP contribution in [0.3, 0.4) is 0 Å². The smallest absolute Gasteiger partial charge is 0.172 e. The van der Waals surface area contributed by atoms with Crippen molar-refractivity contribution in [3.05, 3.63) is 58.0 Å². The molecule has 1 N–H and O–H groups in total. The zero-order valence-electron chi connectivity index (χ0n) is 16.8. The van der Waals surface area contributed by atoms with Gasteiger partial charge in [-0.3, -0.25) is 0 Å². The number of fused-ring (bicyclic) bond motifs is 1. The fourth-order valence-electron chi connectivity index (χ4n) is 4.06. The third kappa shape index (κ3) is 4.00. The van der Waals surface area contributed by atoms with E-state index in [9.17, 15) is 4.39 Å². The summed E-state index contributed by atoms with van der Waals surface area (Å²) in [6, 6.07) is 8.84. The number of pyridine rings is 1. The normalized spacial score (nSPS) is 15.7. The Morgan fingerprint density at radius 1 is 1.03 bits per heavy atom. The molecule has 0 saturated carbocycles. The van der Waals surface area contributed by atoms with Crippen LogP contribution in [0.25, 0.3) is 11.3 Å². The van der Waals surface area contributed by atoms with E-state index in [1.165, 1.54) is 25.0 Å². The minimum atomic E-state index is -0.478. The van der Waals surface area contributed by atoms with Gasteiger partial charge >= 0.3 is 0 Å². The Morgan fingerprint density at radius 2 is 1.87 bits per heavy atom. The van der Waals surface area contributed by atoms with Crippen molar-refractivity contribution >= 4 is 40.5 Å². The number of halogens is 3. The first-order valence-electron chi connectivity index (χ1n) is 10.3. The summed E-state index contributed by atoms with van der Waals surface area (Å²) in [4.78, 5) is 9.00. The summed E-state index contributed by atoms with van der Waals surface area (Å²) >= 11 is 12.5. The van der Waals surface area contributed by atoms with Crippen LogP contribution in [0.15, 0.2) is 36.5 Å². The second-order valence-electron chi connectivity index (χ2n) is 7.73. The van der Waals surface area contributed by atoms with Crippen molar-refractivity contribution in [1.29, 1.82) is 0 Å². The maximum atomic E-state index is 14.0. The lowest BCUT2D eigenvalue weighted by atomic mass is 10.1. The van der Waals surface area contributed by atoms with Gasteiger partial charge in [0.05, 0.1) is 16.4 Å². The maximum absolute atomic E-state index is 14.0. The van der Waals surface area contributed by atoms with E-state index in [0.717, 1.165) is 35.9 Å². The van der Waals surface area contributed by atoms with Gasteiger partial charge in [-0.2, -0.15) is 0 Å². The molecule has 4 heterocycles. The minimum Gasteiger partial charge on any atom is -0.365 e. The van der Waals surface area contributed by atoms with Crippen molar-refractivity contribution in [3.8, 4) is 11.3 Å². The molecule has 0 spiro atoms. The fraction of sp³-hybridized carbons (Fsp3) is 0.318. The molecule has 1 aromatic carbocycles. The molecule has 1 fully saturated rings. The van der Waals surface area contributed by atoms with E-state index in [1.54, 1.807) is 0 Å². The Kier molecular flexibility index (Phi) is 5.54. The maximum Gasteiger partial charge on any atom is 0.172 e. The lowest BCUT2D eigenvalue weighted by Gasteiger charge is -2.31. The molecule has 0 atom stereocenters. The SMILES string of the molecule is Fc1ccc(Cl)c(CN2CCNc3nnc(-c4ccc(N5CCCC5)nc4)cc32)c1Cl. The topological polar surface area (TPSA) is 57.2 Å². The second-order valence-corrected chi connectivity index (χ2v) is 8.52. The molecule has 2 aliphatic heterocycles. The molecule has 3 aromatic rings. The first-order chi connectivity index (χ1) is 15.1. The predicted molar refractivity (Wildman–Crippen MR) is 123 cm³/mol. The lowest BCUT2D eigenvalue weighted by molar-refractivity contribution is 0.624. The molecule has 2 aliphatic rings. The lowest BCUT2D eigenvalue weighted by Crippen LogP contribution is -2.34. The zero-order valence-corrected chi connectivity index (χ0v) is 18.3. The molecule has 6 nitrogen and oxygen atoms in total. The summed E-state index contributed by atoms with van der Waals surface area (Å²) in [5, 5.41) is 12.5. The fourth-order valence-corrected chi connectivity index (χ4v) is 4.55. The summed E-state index contributed by atoms with van der Waals surface area (Å²) in [6.07, 6.45) is 4.26. The van der Waals surface area contributed by atoms with Gasteiger partial charge in [0.1, 0.15) is 11.6 Å². The molecule has 0 unspecified atom stereocenters. The largest absolute Gasteiger partial charge is 0.365 e. The van der Waals surface area contributed by atoms with Crippen LogP contribution < -0.4 is 15.1 Å². The summed E-state index contributed by atoms with van der Waals surface area (Å²) in [5.74, 6) is 1.19. The van der Waals surface area contributed by atoms with Crippen molar-refractivity contribution in [2.24, 2.45) is 0 Å². The number of rotatable bonds is 4. The van der Waals surface area contributed by atoms with E-state index in [4.69, 9.17) is 23.2 Å².